The van der Waals surface area contributed by atoms with Crippen LogP contribution in [-0.2, 0) is 10.9 Å². The van der Waals surface area contributed by atoms with Crippen molar-refractivity contribution in [2.45, 2.75) is 32.5 Å². The van der Waals surface area contributed by atoms with Crippen molar-refractivity contribution < 1.29 is 22.7 Å². The van der Waals surface area contributed by atoms with Crippen LogP contribution in [0.1, 0.15) is 26.5 Å². The average molecular weight is 408 g/mol. The zero-order valence-electron chi connectivity index (χ0n) is 16.5. The van der Waals surface area contributed by atoms with Crippen LogP contribution in [0.5, 0.6) is 0 Å². The predicted molar refractivity (Wildman–Crippen MR) is 102 cm³/mol. The highest BCUT2D eigenvalue weighted by atomic mass is 19.4. The summed E-state index contributed by atoms with van der Waals surface area (Å²) in [5.74, 6) is 0.0288. The van der Waals surface area contributed by atoms with Gasteiger partial charge in [-0.05, 0) is 51.1 Å². The second-order valence-electron chi connectivity index (χ2n) is 7.76. The number of halogens is 3. The van der Waals surface area contributed by atoms with Crippen LogP contribution in [0.15, 0.2) is 36.5 Å². The number of ether oxygens (including phenoxy) is 1. The van der Waals surface area contributed by atoms with E-state index in [9.17, 15) is 18.0 Å². The van der Waals surface area contributed by atoms with Crippen molar-refractivity contribution in [1.82, 2.24) is 14.9 Å². The van der Waals surface area contributed by atoms with Crippen molar-refractivity contribution in [1.29, 1.82) is 0 Å². The van der Waals surface area contributed by atoms with Crippen LogP contribution < -0.4 is 4.90 Å². The van der Waals surface area contributed by atoms with E-state index in [2.05, 4.69) is 14.9 Å². The van der Waals surface area contributed by atoms with Gasteiger partial charge in [0.1, 0.15) is 11.3 Å². The molecule has 0 saturated carbocycles. The second-order valence-corrected chi connectivity index (χ2v) is 7.76. The summed E-state index contributed by atoms with van der Waals surface area (Å²) in [4.78, 5) is 23.5. The lowest BCUT2D eigenvalue weighted by Crippen LogP contribution is -2.50. The number of alkyl halides is 3. The van der Waals surface area contributed by atoms with E-state index in [1.807, 2.05) is 32.9 Å². The van der Waals surface area contributed by atoms with Gasteiger partial charge in [0.05, 0.1) is 0 Å². The Labute approximate surface area is 167 Å². The molecule has 0 aliphatic carbocycles. The number of hydrogen-bond acceptors (Lipinski definition) is 5. The Morgan fingerprint density at radius 1 is 1.00 bits per heavy atom. The van der Waals surface area contributed by atoms with E-state index in [4.69, 9.17) is 4.74 Å². The maximum Gasteiger partial charge on any atom is 0.433 e. The summed E-state index contributed by atoms with van der Waals surface area (Å²) in [6.45, 7) is 7.84. The monoisotopic (exact) mass is 408 g/mol. The Hall–Kier alpha value is -2.84. The summed E-state index contributed by atoms with van der Waals surface area (Å²) in [6.07, 6.45) is -3.73. The number of anilines is 1. The molecule has 6 nitrogen and oxygen atoms in total. The van der Waals surface area contributed by atoms with Crippen LogP contribution in [0.2, 0.25) is 0 Å². The first-order chi connectivity index (χ1) is 13.5. The van der Waals surface area contributed by atoms with Crippen molar-refractivity contribution in [3.63, 3.8) is 0 Å². The van der Waals surface area contributed by atoms with E-state index in [1.165, 1.54) is 0 Å². The predicted octanol–water partition coefficient (Wildman–Crippen LogP) is 4.22. The number of nitrogens with zero attached hydrogens (tertiary/aromatic N) is 4. The SMILES string of the molecule is CC(C)(C)OC(=O)N1CCN(c2ccc(-c3nccc(C(F)(F)F)n3)cc2)CC1. The van der Waals surface area contributed by atoms with Crippen LogP contribution in [0.25, 0.3) is 11.4 Å². The van der Waals surface area contributed by atoms with Crippen LogP contribution in [-0.4, -0.2) is 52.7 Å². The Morgan fingerprint density at radius 3 is 2.17 bits per heavy atom. The number of carbonyl (C=O) groups is 1. The first-order valence-corrected chi connectivity index (χ1v) is 9.26. The minimum absolute atomic E-state index is 0.0288. The number of amides is 1. The van der Waals surface area contributed by atoms with Gasteiger partial charge in [-0.2, -0.15) is 13.2 Å². The van der Waals surface area contributed by atoms with Gasteiger partial charge in [-0.1, -0.05) is 0 Å². The molecule has 0 unspecified atom stereocenters. The highest BCUT2D eigenvalue weighted by Gasteiger charge is 2.33. The van der Waals surface area contributed by atoms with Crippen LogP contribution >= 0.6 is 0 Å². The molecule has 9 heteroatoms. The molecular formula is C20H23F3N4O2. The molecule has 0 radical (unpaired) electrons. The molecular weight excluding hydrogens is 385 g/mol. The fourth-order valence-electron chi connectivity index (χ4n) is 2.95. The fraction of sp³-hybridized carbons (Fsp3) is 0.450. The van der Waals surface area contributed by atoms with Crippen LogP contribution in [0.4, 0.5) is 23.7 Å². The maximum atomic E-state index is 12.8. The number of benzene rings is 1. The number of rotatable bonds is 2. The summed E-state index contributed by atoms with van der Waals surface area (Å²) < 4.78 is 43.9. The van der Waals surface area contributed by atoms with Gasteiger partial charge < -0.3 is 14.5 Å². The lowest BCUT2D eigenvalue weighted by Gasteiger charge is -2.36. The van der Waals surface area contributed by atoms with E-state index in [0.717, 1.165) is 18.0 Å². The summed E-state index contributed by atoms with van der Waals surface area (Å²) in [5, 5.41) is 0. The van der Waals surface area contributed by atoms with Crippen molar-refractivity contribution in [3.8, 4) is 11.4 Å². The number of piperazine rings is 1. The Morgan fingerprint density at radius 2 is 1.62 bits per heavy atom. The minimum Gasteiger partial charge on any atom is -0.444 e. The van der Waals surface area contributed by atoms with E-state index >= 15 is 0 Å². The standard InChI is InChI=1S/C20H23F3N4O2/c1-19(2,3)29-18(28)27-12-10-26(11-13-27)15-6-4-14(5-7-15)17-24-9-8-16(25-17)20(21,22)23/h4-9H,10-13H2,1-3H3. The van der Waals surface area contributed by atoms with Gasteiger partial charge in [-0.25, -0.2) is 14.8 Å². The summed E-state index contributed by atoms with van der Waals surface area (Å²) in [5.41, 5.74) is -0.0723. The molecule has 1 aliphatic rings. The normalized spacial score (nSPS) is 15.4. The highest BCUT2D eigenvalue weighted by molar-refractivity contribution is 5.69. The molecule has 2 aromatic rings. The average Bonchev–Trinajstić information content (AvgIpc) is 2.66. The van der Waals surface area contributed by atoms with Crippen molar-refractivity contribution in [3.05, 3.63) is 42.2 Å². The molecule has 2 heterocycles. The molecule has 29 heavy (non-hydrogen) atoms. The lowest BCUT2D eigenvalue weighted by atomic mass is 10.1. The third kappa shape index (κ3) is 5.36. The van der Waals surface area contributed by atoms with Gasteiger partial charge in [0.15, 0.2) is 5.82 Å². The Bertz CT molecular complexity index is 855. The lowest BCUT2D eigenvalue weighted by molar-refractivity contribution is -0.141. The van der Waals surface area contributed by atoms with E-state index < -0.39 is 17.5 Å². The molecule has 0 N–H and O–H groups in total. The highest BCUT2D eigenvalue weighted by Crippen LogP contribution is 2.29. The quantitative estimate of drug-likeness (QED) is 0.745. The molecule has 156 valence electrons. The largest absolute Gasteiger partial charge is 0.444 e. The van der Waals surface area contributed by atoms with Gasteiger partial charge >= 0.3 is 12.3 Å². The number of carbonyl (C=O) groups excluding carboxylic acids is 1. The van der Waals surface area contributed by atoms with Crippen LogP contribution in [0.3, 0.4) is 0 Å². The second kappa shape index (κ2) is 7.88. The van der Waals surface area contributed by atoms with Gasteiger partial charge in [0.25, 0.3) is 0 Å². The summed E-state index contributed by atoms with van der Waals surface area (Å²) in [6, 6.07) is 7.89. The van der Waals surface area contributed by atoms with Crippen molar-refractivity contribution in [2.24, 2.45) is 0 Å². The smallest absolute Gasteiger partial charge is 0.433 e. The zero-order chi connectivity index (χ0) is 21.2. The van der Waals surface area contributed by atoms with Gasteiger partial charge in [0, 0.05) is 43.6 Å². The van der Waals surface area contributed by atoms with Crippen molar-refractivity contribution >= 4 is 11.8 Å². The minimum atomic E-state index is -4.51. The molecule has 1 aromatic carbocycles. The first-order valence-electron chi connectivity index (χ1n) is 9.26. The van der Waals surface area contributed by atoms with E-state index in [-0.39, 0.29) is 11.9 Å². The van der Waals surface area contributed by atoms with E-state index in [0.29, 0.717) is 31.7 Å². The Kier molecular flexibility index (Phi) is 5.68. The Balaban J connectivity index is 1.64. The topological polar surface area (TPSA) is 58.6 Å². The first kappa shape index (κ1) is 20.9. The molecule has 1 aromatic heterocycles. The van der Waals surface area contributed by atoms with E-state index in [1.54, 1.807) is 17.0 Å². The number of hydrogen-bond donors (Lipinski definition) is 0. The molecule has 1 aliphatic heterocycles. The van der Waals surface area contributed by atoms with Crippen LogP contribution in [0, 0.1) is 0 Å². The number of aromatic nitrogens is 2. The third-order valence-electron chi connectivity index (χ3n) is 4.37. The molecule has 1 saturated heterocycles. The van der Waals surface area contributed by atoms with Gasteiger partial charge in [-0.15, -0.1) is 0 Å². The summed E-state index contributed by atoms with van der Waals surface area (Å²) in [7, 11) is 0. The zero-order valence-corrected chi connectivity index (χ0v) is 16.5. The summed E-state index contributed by atoms with van der Waals surface area (Å²) >= 11 is 0. The molecule has 0 bridgehead atoms. The van der Waals surface area contributed by atoms with Gasteiger partial charge in [0.2, 0.25) is 0 Å². The van der Waals surface area contributed by atoms with Crippen molar-refractivity contribution in [2.75, 3.05) is 31.1 Å². The third-order valence-corrected chi connectivity index (χ3v) is 4.37. The molecule has 1 fully saturated rings. The maximum absolute atomic E-state index is 12.8. The van der Waals surface area contributed by atoms with Gasteiger partial charge in [-0.3, -0.25) is 0 Å². The fourth-order valence-corrected chi connectivity index (χ4v) is 2.95. The molecule has 0 spiro atoms. The molecule has 0 atom stereocenters. The molecule has 1 amide bonds. The molecule has 3 rings (SSSR count).